The molecule has 0 heterocycles. The normalized spacial score (nSPS) is 31.9. The molecular weight excluding hydrogens is 388 g/mol. The molecule has 154 valence electrons. The summed E-state index contributed by atoms with van der Waals surface area (Å²) < 4.78 is 5.44. The lowest BCUT2D eigenvalue weighted by molar-refractivity contribution is -0.196. The third kappa shape index (κ3) is 3.88. The third-order valence-corrected chi connectivity index (χ3v) is 7.29. The van der Waals surface area contributed by atoms with Crippen LogP contribution in [0.2, 0.25) is 0 Å². The second-order valence-electron chi connectivity index (χ2n) is 9.22. The van der Waals surface area contributed by atoms with Gasteiger partial charge in [-0.1, -0.05) is 0 Å². The minimum atomic E-state index is -0.733. The SMILES string of the molecule is Cc1cc(SC#N)cc(C)c1NC(=O)COC(=O)C12C[C@@H]3C[C@@H](CC(O)(C3)C1)C2. The summed E-state index contributed by atoms with van der Waals surface area (Å²) in [5.41, 5.74) is 1.03. The number of amides is 1. The van der Waals surface area contributed by atoms with Crippen molar-refractivity contribution in [3.8, 4) is 5.40 Å². The van der Waals surface area contributed by atoms with Gasteiger partial charge in [-0.2, -0.15) is 5.26 Å². The standard InChI is InChI=1S/C22H26N2O4S/c1-13-3-17(29-12-23)4-14(2)19(13)24-18(25)10-28-20(26)21-6-15-5-16(7-21)9-22(27,8-15)11-21/h3-4,15-16,27H,5-11H2,1-2H3,(H,24,25)/t15-,16+,21?,22?. The van der Waals surface area contributed by atoms with Gasteiger partial charge < -0.3 is 15.2 Å². The number of anilines is 1. The van der Waals surface area contributed by atoms with E-state index in [2.05, 4.69) is 5.32 Å². The van der Waals surface area contributed by atoms with E-state index in [4.69, 9.17) is 10.00 Å². The van der Waals surface area contributed by atoms with Crippen molar-refractivity contribution in [3.63, 3.8) is 0 Å². The first-order valence-electron chi connectivity index (χ1n) is 10.1. The largest absolute Gasteiger partial charge is 0.455 e. The molecule has 2 N–H and O–H groups in total. The lowest BCUT2D eigenvalue weighted by Crippen LogP contribution is -2.58. The van der Waals surface area contributed by atoms with E-state index in [-0.39, 0.29) is 18.5 Å². The minimum Gasteiger partial charge on any atom is -0.455 e. The van der Waals surface area contributed by atoms with Crippen LogP contribution in [0, 0.1) is 41.8 Å². The molecule has 4 atom stereocenters. The van der Waals surface area contributed by atoms with Gasteiger partial charge >= 0.3 is 5.97 Å². The summed E-state index contributed by atoms with van der Waals surface area (Å²) in [6.07, 6.45) is 4.67. The Labute approximate surface area is 175 Å². The van der Waals surface area contributed by atoms with Gasteiger partial charge in [-0.15, -0.1) is 0 Å². The van der Waals surface area contributed by atoms with Crippen LogP contribution >= 0.6 is 11.8 Å². The number of carbonyl (C=O) groups is 2. The van der Waals surface area contributed by atoms with E-state index in [1.165, 1.54) is 0 Å². The predicted molar refractivity (Wildman–Crippen MR) is 109 cm³/mol. The maximum absolute atomic E-state index is 12.9. The summed E-state index contributed by atoms with van der Waals surface area (Å²) in [6.45, 7) is 3.40. The maximum Gasteiger partial charge on any atom is 0.312 e. The molecule has 4 fully saturated rings. The predicted octanol–water partition coefficient (Wildman–Crippen LogP) is 3.69. The zero-order valence-electron chi connectivity index (χ0n) is 16.8. The van der Waals surface area contributed by atoms with Gasteiger partial charge in [-0.3, -0.25) is 9.59 Å². The number of rotatable bonds is 5. The van der Waals surface area contributed by atoms with Gasteiger partial charge in [-0.05, 0) is 99.2 Å². The average molecular weight is 415 g/mol. The fourth-order valence-electron chi connectivity index (χ4n) is 6.15. The van der Waals surface area contributed by atoms with Crippen molar-refractivity contribution < 1.29 is 19.4 Å². The lowest BCUT2D eigenvalue weighted by Gasteiger charge is -2.58. The number of esters is 1. The van der Waals surface area contributed by atoms with Gasteiger partial charge in [0, 0.05) is 10.6 Å². The Balaban J connectivity index is 1.38. The Kier molecular flexibility index (Phi) is 5.12. The molecule has 4 saturated carbocycles. The molecule has 1 aromatic rings. The number of carbonyl (C=O) groups excluding carboxylic acids is 2. The van der Waals surface area contributed by atoms with E-state index in [0.717, 1.165) is 59.9 Å². The van der Waals surface area contributed by atoms with Crippen molar-refractivity contribution in [1.29, 1.82) is 5.26 Å². The molecular formula is C22H26N2O4S. The van der Waals surface area contributed by atoms with E-state index in [0.29, 0.717) is 23.9 Å². The highest BCUT2D eigenvalue weighted by Gasteiger charge is 2.60. The van der Waals surface area contributed by atoms with Gasteiger partial charge in [0.25, 0.3) is 5.91 Å². The lowest BCUT2D eigenvalue weighted by atomic mass is 9.48. The van der Waals surface area contributed by atoms with Crippen LogP contribution in [0.4, 0.5) is 5.69 Å². The first-order valence-corrected chi connectivity index (χ1v) is 10.9. The van der Waals surface area contributed by atoms with Crippen LogP contribution in [0.1, 0.15) is 49.7 Å². The van der Waals surface area contributed by atoms with Crippen molar-refractivity contribution in [2.75, 3.05) is 11.9 Å². The number of nitrogens with one attached hydrogen (secondary N) is 1. The number of hydrogen-bond acceptors (Lipinski definition) is 6. The van der Waals surface area contributed by atoms with Crippen LogP contribution in [-0.4, -0.2) is 29.2 Å². The zero-order chi connectivity index (χ0) is 20.8. The molecule has 7 heteroatoms. The van der Waals surface area contributed by atoms with Crippen molar-refractivity contribution in [1.82, 2.24) is 0 Å². The number of ether oxygens (including phenoxy) is 1. The molecule has 4 aliphatic rings. The number of benzene rings is 1. The van der Waals surface area contributed by atoms with Crippen molar-refractivity contribution in [3.05, 3.63) is 23.3 Å². The van der Waals surface area contributed by atoms with Gasteiger partial charge in [0.2, 0.25) is 0 Å². The first kappa shape index (κ1) is 20.2. The van der Waals surface area contributed by atoms with Gasteiger partial charge in [0.15, 0.2) is 6.61 Å². The highest BCUT2D eigenvalue weighted by molar-refractivity contribution is 8.03. The Bertz CT molecular complexity index is 870. The van der Waals surface area contributed by atoms with Crippen LogP contribution in [0.15, 0.2) is 17.0 Å². The van der Waals surface area contributed by atoms with E-state index < -0.39 is 11.0 Å². The van der Waals surface area contributed by atoms with Crippen LogP contribution < -0.4 is 5.32 Å². The van der Waals surface area contributed by atoms with Crippen molar-refractivity contribution in [2.45, 2.75) is 62.9 Å². The molecule has 4 bridgehead atoms. The second-order valence-corrected chi connectivity index (χ2v) is 10.1. The summed E-state index contributed by atoms with van der Waals surface area (Å²) in [7, 11) is 0. The Morgan fingerprint density at radius 2 is 1.86 bits per heavy atom. The van der Waals surface area contributed by atoms with Crippen molar-refractivity contribution in [2.24, 2.45) is 17.3 Å². The topological polar surface area (TPSA) is 99.4 Å². The molecule has 0 saturated heterocycles. The minimum absolute atomic E-state index is 0.331. The number of aliphatic hydroxyl groups is 1. The number of thioether (sulfide) groups is 1. The van der Waals surface area contributed by atoms with Gasteiger partial charge in [-0.25, -0.2) is 0 Å². The molecule has 1 amide bonds. The number of nitriles is 1. The molecule has 0 aromatic heterocycles. The highest BCUT2D eigenvalue weighted by Crippen LogP contribution is 2.61. The summed E-state index contributed by atoms with van der Waals surface area (Å²) >= 11 is 1.08. The molecule has 0 radical (unpaired) electrons. The quantitative estimate of drug-likeness (QED) is 0.433. The number of hydrogen-bond donors (Lipinski definition) is 2. The molecule has 0 spiro atoms. The maximum atomic E-state index is 12.9. The number of aryl methyl sites for hydroxylation is 2. The monoisotopic (exact) mass is 414 g/mol. The molecule has 4 aliphatic carbocycles. The molecule has 6 nitrogen and oxygen atoms in total. The smallest absolute Gasteiger partial charge is 0.312 e. The molecule has 1 aromatic carbocycles. The van der Waals surface area contributed by atoms with Crippen LogP contribution in [0.5, 0.6) is 0 Å². The Hall–Kier alpha value is -2.04. The summed E-state index contributed by atoms with van der Waals surface area (Å²) in [5, 5.41) is 24.5. The Morgan fingerprint density at radius 1 is 1.24 bits per heavy atom. The fourth-order valence-corrected chi connectivity index (χ4v) is 6.72. The van der Waals surface area contributed by atoms with Gasteiger partial charge in [0.05, 0.1) is 11.0 Å². The van der Waals surface area contributed by atoms with E-state index in [1.807, 2.05) is 31.4 Å². The number of nitrogens with zero attached hydrogens (tertiary/aromatic N) is 1. The van der Waals surface area contributed by atoms with Crippen molar-refractivity contribution >= 4 is 29.3 Å². The summed E-state index contributed by atoms with van der Waals surface area (Å²) in [4.78, 5) is 26.2. The second kappa shape index (κ2) is 7.33. The summed E-state index contributed by atoms with van der Waals surface area (Å²) in [6, 6.07) is 3.69. The highest BCUT2D eigenvalue weighted by atomic mass is 32.2. The zero-order valence-corrected chi connectivity index (χ0v) is 17.6. The first-order chi connectivity index (χ1) is 13.7. The van der Waals surface area contributed by atoms with Gasteiger partial charge in [0.1, 0.15) is 5.40 Å². The van der Waals surface area contributed by atoms with Crippen LogP contribution in [0.3, 0.4) is 0 Å². The summed E-state index contributed by atoms with van der Waals surface area (Å²) in [5.74, 6) is 0.0542. The molecule has 29 heavy (non-hydrogen) atoms. The average Bonchev–Trinajstić information content (AvgIpc) is 2.61. The Morgan fingerprint density at radius 3 is 2.41 bits per heavy atom. The number of thiocyanates is 1. The molecule has 2 unspecified atom stereocenters. The molecule has 0 aliphatic heterocycles. The van der Waals surface area contributed by atoms with Crippen LogP contribution in [-0.2, 0) is 14.3 Å². The van der Waals surface area contributed by atoms with E-state index >= 15 is 0 Å². The third-order valence-electron chi connectivity index (χ3n) is 6.73. The van der Waals surface area contributed by atoms with E-state index in [1.54, 1.807) is 0 Å². The fraction of sp³-hybridized carbons (Fsp3) is 0.591. The van der Waals surface area contributed by atoms with E-state index in [9.17, 15) is 14.7 Å². The van der Waals surface area contributed by atoms with Crippen LogP contribution in [0.25, 0.3) is 0 Å². The molecule has 5 rings (SSSR count).